The van der Waals surface area contributed by atoms with Crippen LogP contribution in [0.2, 0.25) is 0 Å². The molecule has 1 fully saturated rings. The number of carbonyl (C=O) groups is 1. The van der Waals surface area contributed by atoms with Gasteiger partial charge in [-0.05, 0) is 58.0 Å². The lowest BCUT2D eigenvalue weighted by atomic mass is 10.1. The maximum absolute atomic E-state index is 14.8. The first kappa shape index (κ1) is 19.6. The predicted molar refractivity (Wildman–Crippen MR) is 115 cm³/mol. The summed E-state index contributed by atoms with van der Waals surface area (Å²) >= 11 is 0. The van der Waals surface area contributed by atoms with Crippen LogP contribution in [0.4, 0.5) is 4.39 Å². The molecule has 4 aromatic heterocycles. The fourth-order valence-electron chi connectivity index (χ4n) is 4.23. The van der Waals surface area contributed by atoms with E-state index in [9.17, 15) is 9.18 Å². The van der Waals surface area contributed by atoms with E-state index in [-0.39, 0.29) is 17.2 Å². The van der Waals surface area contributed by atoms with E-state index in [0.29, 0.717) is 23.8 Å². The van der Waals surface area contributed by atoms with Crippen molar-refractivity contribution < 1.29 is 9.18 Å². The lowest BCUT2D eigenvalue weighted by Gasteiger charge is -2.19. The average molecular weight is 421 g/mol. The summed E-state index contributed by atoms with van der Waals surface area (Å²) in [7, 11) is 2.06. The van der Waals surface area contributed by atoms with Gasteiger partial charge in [0.25, 0.3) is 5.91 Å². The van der Waals surface area contributed by atoms with E-state index in [2.05, 4.69) is 32.3 Å². The molecule has 0 bridgehead atoms. The van der Waals surface area contributed by atoms with Crippen molar-refractivity contribution in [3.05, 3.63) is 53.5 Å². The number of likely N-dealkylation sites (N-methyl/N-ethyl adjacent to an activating group) is 1. The van der Waals surface area contributed by atoms with E-state index in [1.165, 1.54) is 6.07 Å². The Morgan fingerprint density at radius 1 is 1.19 bits per heavy atom. The second-order valence-corrected chi connectivity index (χ2v) is 8.28. The predicted octanol–water partition coefficient (Wildman–Crippen LogP) is 2.62. The fraction of sp³-hybridized carbons (Fsp3) is 0.364. The number of carbonyl (C=O) groups excluding carboxylic acids is 1. The quantitative estimate of drug-likeness (QED) is 0.548. The van der Waals surface area contributed by atoms with Crippen molar-refractivity contribution in [1.82, 2.24) is 34.2 Å². The van der Waals surface area contributed by atoms with Crippen LogP contribution in [-0.4, -0.2) is 61.0 Å². The Balaban J connectivity index is 1.45. The zero-order valence-corrected chi connectivity index (χ0v) is 17.8. The number of hydrogen-bond acceptors (Lipinski definition) is 5. The van der Waals surface area contributed by atoms with Gasteiger partial charge < -0.3 is 14.6 Å². The van der Waals surface area contributed by atoms with Crippen molar-refractivity contribution in [3.8, 4) is 11.3 Å². The Kier molecular flexibility index (Phi) is 4.70. The number of aryl methyl sites for hydroxylation is 2. The van der Waals surface area contributed by atoms with E-state index < -0.39 is 5.82 Å². The van der Waals surface area contributed by atoms with Gasteiger partial charge in [-0.15, -0.1) is 0 Å². The van der Waals surface area contributed by atoms with Gasteiger partial charge in [0, 0.05) is 30.5 Å². The Morgan fingerprint density at radius 2 is 2.03 bits per heavy atom. The minimum absolute atomic E-state index is 0.114. The first-order chi connectivity index (χ1) is 14.9. The molecule has 1 amide bonds. The number of hydrogen-bond donors (Lipinski definition) is 1. The molecular formula is C22H24FN7O. The second kappa shape index (κ2) is 7.42. The zero-order valence-electron chi connectivity index (χ0n) is 17.8. The zero-order chi connectivity index (χ0) is 21.7. The van der Waals surface area contributed by atoms with Crippen LogP contribution in [0.25, 0.3) is 22.6 Å². The molecule has 31 heavy (non-hydrogen) atoms. The van der Waals surface area contributed by atoms with Crippen LogP contribution >= 0.6 is 0 Å². The fourth-order valence-corrected chi connectivity index (χ4v) is 4.23. The van der Waals surface area contributed by atoms with E-state index in [4.69, 9.17) is 0 Å². The Morgan fingerprint density at radius 3 is 2.81 bits per heavy atom. The number of fused-ring (bicyclic) bond motifs is 2. The monoisotopic (exact) mass is 421 g/mol. The molecule has 1 unspecified atom stereocenters. The van der Waals surface area contributed by atoms with E-state index in [0.717, 1.165) is 36.3 Å². The molecule has 0 spiro atoms. The van der Waals surface area contributed by atoms with Gasteiger partial charge in [0.05, 0.1) is 17.6 Å². The van der Waals surface area contributed by atoms with Gasteiger partial charge in [-0.3, -0.25) is 4.79 Å². The highest BCUT2D eigenvalue weighted by Gasteiger charge is 2.22. The number of nitrogens with zero attached hydrogens (tertiary/aromatic N) is 6. The third-order valence-corrected chi connectivity index (χ3v) is 5.93. The summed E-state index contributed by atoms with van der Waals surface area (Å²) in [6.45, 7) is 5.46. The molecule has 4 aromatic rings. The molecule has 160 valence electrons. The number of likely N-dealkylation sites (tertiary alicyclic amines) is 1. The largest absolute Gasteiger partial charge is 0.349 e. The van der Waals surface area contributed by atoms with E-state index in [1.807, 2.05) is 26.1 Å². The maximum atomic E-state index is 14.8. The smallest absolute Gasteiger partial charge is 0.271 e. The molecule has 1 atom stereocenters. The molecule has 0 aliphatic carbocycles. The Hall–Kier alpha value is -3.33. The number of rotatable bonds is 4. The minimum Gasteiger partial charge on any atom is -0.349 e. The van der Waals surface area contributed by atoms with Crippen LogP contribution in [0, 0.1) is 19.7 Å². The normalized spacial score (nSPS) is 17.1. The number of amides is 1. The summed E-state index contributed by atoms with van der Waals surface area (Å²) in [6, 6.07) is 3.61. The molecule has 8 nitrogen and oxygen atoms in total. The van der Waals surface area contributed by atoms with E-state index >= 15 is 0 Å². The van der Waals surface area contributed by atoms with E-state index in [1.54, 1.807) is 21.3 Å². The van der Waals surface area contributed by atoms with Gasteiger partial charge in [-0.25, -0.2) is 18.9 Å². The van der Waals surface area contributed by atoms with Gasteiger partial charge >= 0.3 is 0 Å². The Bertz CT molecular complexity index is 1310. The van der Waals surface area contributed by atoms with Gasteiger partial charge in [-0.1, -0.05) is 0 Å². The van der Waals surface area contributed by atoms with Gasteiger partial charge in [0.15, 0.2) is 17.1 Å². The summed E-state index contributed by atoms with van der Waals surface area (Å²) in [4.78, 5) is 23.5. The standard InChI is InChI=1S/C22H24FN7O/c1-13-7-18(27-30-10-14(2)25-20(13)30)15-8-17(23)21-26-19(12-29(21)11-15)22(31)24-9-16-5-4-6-28(16)3/h7-8,10-12,16H,4-6,9H2,1-3H3,(H,24,31). The van der Waals surface area contributed by atoms with Crippen molar-refractivity contribution in [2.75, 3.05) is 20.1 Å². The molecule has 1 saturated heterocycles. The van der Waals surface area contributed by atoms with Gasteiger partial charge in [-0.2, -0.15) is 5.10 Å². The molecule has 5 rings (SSSR count). The van der Waals surface area contributed by atoms with Crippen molar-refractivity contribution in [3.63, 3.8) is 0 Å². The number of halogens is 1. The highest BCUT2D eigenvalue weighted by atomic mass is 19.1. The number of pyridine rings is 1. The van der Waals surface area contributed by atoms with Crippen LogP contribution in [0.1, 0.15) is 34.6 Å². The molecule has 1 aliphatic heterocycles. The summed E-state index contributed by atoms with van der Waals surface area (Å²) in [5, 5.41) is 7.49. The first-order valence-electron chi connectivity index (χ1n) is 10.4. The average Bonchev–Trinajstić information content (AvgIpc) is 3.44. The van der Waals surface area contributed by atoms with Crippen LogP contribution in [0.15, 0.2) is 30.7 Å². The van der Waals surface area contributed by atoms with Crippen molar-refractivity contribution >= 4 is 17.2 Å². The summed E-state index contributed by atoms with van der Waals surface area (Å²) in [6.07, 6.45) is 7.33. The van der Waals surface area contributed by atoms with Crippen LogP contribution in [0.3, 0.4) is 0 Å². The molecule has 9 heteroatoms. The molecule has 0 saturated carbocycles. The minimum atomic E-state index is -0.506. The Labute approximate surface area is 178 Å². The molecular weight excluding hydrogens is 397 g/mol. The van der Waals surface area contributed by atoms with Crippen LogP contribution in [0.5, 0.6) is 0 Å². The second-order valence-electron chi connectivity index (χ2n) is 8.28. The third kappa shape index (κ3) is 3.54. The topological polar surface area (TPSA) is 79.8 Å². The summed E-state index contributed by atoms with van der Waals surface area (Å²) in [5.74, 6) is -0.803. The molecule has 1 aliphatic rings. The first-order valence-corrected chi connectivity index (χ1v) is 10.4. The maximum Gasteiger partial charge on any atom is 0.271 e. The SMILES string of the molecule is Cc1cn2nc(-c3cc(F)c4nc(C(=O)NCC5CCCN5C)cn4c3)cc(C)c2n1. The molecule has 0 aromatic carbocycles. The highest BCUT2D eigenvalue weighted by Crippen LogP contribution is 2.23. The van der Waals surface area contributed by atoms with Crippen LogP contribution < -0.4 is 5.32 Å². The summed E-state index contributed by atoms with van der Waals surface area (Å²) in [5.41, 5.74) is 4.11. The molecule has 5 heterocycles. The molecule has 0 radical (unpaired) electrons. The number of imidazole rings is 2. The number of nitrogens with one attached hydrogen (secondary N) is 1. The van der Waals surface area contributed by atoms with Crippen LogP contribution in [-0.2, 0) is 0 Å². The third-order valence-electron chi connectivity index (χ3n) is 5.93. The lowest BCUT2D eigenvalue weighted by Crippen LogP contribution is -2.38. The van der Waals surface area contributed by atoms with Gasteiger partial charge in [0.2, 0.25) is 0 Å². The van der Waals surface area contributed by atoms with Crippen molar-refractivity contribution in [2.24, 2.45) is 0 Å². The number of aromatic nitrogens is 5. The summed E-state index contributed by atoms with van der Waals surface area (Å²) < 4.78 is 18.1. The van der Waals surface area contributed by atoms with Crippen molar-refractivity contribution in [1.29, 1.82) is 0 Å². The van der Waals surface area contributed by atoms with Gasteiger partial charge in [0.1, 0.15) is 5.69 Å². The molecule has 1 N–H and O–H groups in total. The lowest BCUT2D eigenvalue weighted by molar-refractivity contribution is 0.0939. The highest BCUT2D eigenvalue weighted by molar-refractivity contribution is 5.93. The van der Waals surface area contributed by atoms with Crippen molar-refractivity contribution in [2.45, 2.75) is 32.7 Å².